The van der Waals surface area contributed by atoms with Gasteiger partial charge in [0.2, 0.25) is 5.91 Å². The minimum Gasteiger partial charge on any atom is -0.343 e. The Bertz CT molecular complexity index is 908. The number of carbonyl (C=O) groups excluding carboxylic acids is 3. The zero-order valence-electron chi connectivity index (χ0n) is 17.8. The van der Waals surface area contributed by atoms with Crippen LogP contribution in [0.1, 0.15) is 37.7 Å². The van der Waals surface area contributed by atoms with Gasteiger partial charge in [-0.1, -0.05) is 48.5 Å². The van der Waals surface area contributed by atoms with E-state index in [0.717, 1.165) is 32.1 Å². The fraction of sp³-hybridized carbons (Fsp3) is 0.400. The quantitative estimate of drug-likeness (QED) is 0.506. The molecule has 0 bridgehead atoms. The third kappa shape index (κ3) is 4.95. The number of piperidine rings is 1. The molecule has 0 unspecified atom stereocenters. The van der Waals surface area contributed by atoms with E-state index in [2.05, 4.69) is 12.1 Å². The second-order valence-electron chi connectivity index (χ2n) is 8.28. The van der Waals surface area contributed by atoms with Gasteiger partial charge in [0.25, 0.3) is 5.91 Å². The number of unbranched alkanes of at least 4 members (excludes halogenated alkanes) is 1. The second kappa shape index (κ2) is 9.77. The van der Waals surface area contributed by atoms with E-state index in [1.54, 1.807) is 17.0 Å². The molecule has 4 rings (SSSR count). The van der Waals surface area contributed by atoms with Gasteiger partial charge in [-0.2, -0.15) is 0 Å². The second-order valence-corrected chi connectivity index (χ2v) is 8.28. The molecule has 2 aromatic carbocycles. The molecule has 0 atom stereocenters. The number of rotatable bonds is 7. The van der Waals surface area contributed by atoms with Gasteiger partial charge in [0.15, 0.2) is 0 Å². The maximum absolute atomic E-state index is 12.9. The van der Waals surface area contributed by atoms with E-state index in [0.29, 0.717) is 25.2 Å². The Morgan fingerprint density at radius 1 is 0.871 bits per heavy atom. The molecule has 2 heterocycles. The Morgan fingerprint density at radius 3 is 2.19 bits per heavy atom. The number of nitrogens with zero attached hydrogens (tertiary/aromatic N) is 3. The molecule has 6 heteroatoms. The first-order chi connectivity index (χ1) is 15.1. The van der Waals surface area contributed by atoms with Crippen LogP contribution in [0.2, 0.25) is 0 Å². The fourth-order valence-electron chi connectivity index (χ4n) is 4.47. The normalized spacial score (nSPS) is 17.5. The zero-order valence-corrected chi connectivity index (χ0v) is 17.8. The van der Waals surface area contributed by atoms with Gasteiger partial charge in [-0.15, -0.1) is 0 Å². The van der Waals surface area contributed by atoms with E-state index >= 15 is 0 Å². The number of carbonyl (C=O) groups is 3. The molecule has 2 aliphatic rings. The lowest BCUT2D eigenvalue weighted by Gasteiger charge is -2.36. The number of benzene rings is 2. The van der Waals surface area contributed by atoms with Gasteiger partial charge in [0.1, 0.15) is 6.54 Å². The number of amides is 4. The first-order valence-electron chi connectivity index (χ1n) is 11.1. The summed E-state index contributed by atoms with van der Waals surface area (Å²) < 4.78 is 0. The van der Waals surface area contributed by atoms with E-state index in [1.165, 1.54) is 10.5 Å². The van der Waals surface area contributed by atoms with Crippen LogP contribution in [0.15, 0.2) is 60.7 Å². The third-order valence-corrected chi connectivity index (χ3v) is 6.21. The Balaban J connectivity index is 1.23. The first kappa shape index (κ1) is 21.1. The number of likely N-dealkylation sites (tertiary alicyclic amines) is 1. The summed E-state index contributed by atoms with van der Waals surface area (Å²) in [5.41, 5.74) is 1.92. The molecule has 162 valence electrons. The van der Waals surface area contributed by atoms with Crippen molar-refractivity contribution in [3.63, 3.8) is 0 Å². The minimum absolute atomic E-state index is 0.00675. The van der Waals surface area contributed by atoms with Crippen molar-refractivity contribution >= 4 is 23.5 Å². The molecular weight excluding hydrogens is 390 g/mol. The van der Waals surface area contributed by atoms with Crippen molar-refractivity contribution in [2.24, 2.45) is 0 Å². The van der Waals surface area contributed by atoms with Crippen molar-refractivity contribution in [2.45, 2.75) is 44.6 Å². The summed E-state index contributed by atoms with van der Waals surface area (Å²) in [7, 11) is 0. The lowest BCUT2D eigenvalue weighted by Crippen LogP contribution is -2.48. The Kier molecular flexibility index (Phi) is 6.65. The predicted molar refractivity (Wildman–Crippen MR) is 120 cm³/mol. The molecule has 4 amide bonds. The molecule has 0 saturated carbocycles. The lowest BCUT2D eigenvalue weighted by atomic mass is 10.0. The number of aryl methyl sites for hydroxylation is 1. The van der Waals surface area contributed by atoms with Gasteiger partial charge in [0.05, 0.1) is 5.69 Å². The van der Waals surface area contributed by atoms with E-state index in [1.807, 2.05) is 41.3 Å². The van der Waals surface area contributed by atoms with E-state index < -0.39 is 0 Å². The number of anilines is 1. The largest absolute Gasteiger partial charge is 0.343 e. The number of para-hydroxylation sites is 1. The molecule has 31 heavy (non-hydrogen) atoms. The van der Waals surface area contributed by atoms with Crippen molar-refractivity contribution in [1.82, 2.24) is 9.80 Å². The van der Waals surface area contributed by atoms with Crippen LogP contribution < -0.4 is 4.90 Å². The minimum atomic E-state index is -0.248. The van der Waals surface area contributed by atoms with Gasteiger partial charge < -0.3 is 9.80 Å². The summed E-state index contributed by atoms with van der Waals surface area (Å²) in [6.45, 7) is 1.41. The van der Waals surface area contributed by atoms with Crippen molar-refractivity contribution in [3.8, 4) is 0 Å². The summed E-state index contributed by atoms with van der Waals surface area (Å²) in [6, 6.07) is 19.2. The average molecular weight is 420 g/mol. The highest BCUT2D eigenvalue weighted by atomic mass is 16.2. The monoisotopic (exact) mass is 419 g/mol. The van der Waals surface area contributed by atoms with Gasteiger partial charge in [0, 0.05) is 25.6 Å². The molecule has 0 N–H and O–H groups in total. The fourth-order valence-corrected chi connectivity index (χ4v) is 4.47. The molecule has 0 aliphatic carbocycles. The smallest absolute Gasteiger partial charge is 0.332 e. The topological polar surface area (TPSA) is 60.9 Å². The molecular formula is C25H29N3O3. The summed E-state index contributed by atoms with van der Waals surface area (Å²) in [4.78, 5) is 42.8. The summed E-state index contributed by atoms with van der Waals surface area (Å²) in [5.74, 6) is 0.00868. The summed E-state index contributed by atoms with van der Waals surface area (Å²) in [6.07, 6.45) is 4.90. The average Bonchev–Trinajstić information content (AvgIpc) is 3.11. The van der Waals surface area contributed by atoms with Crippen LogP contribution in [0.4, 0.5) is 10.5 Å². The van der Waals surface area contributed by atoms with Crippen molar-refractivity contribution in [3.05, 3.63) is 66.2 Å². The number of hydrogen-bond acceptors (Lipinski definition) is 3. The lowest BCUT2D eigenvalue weighted by molar-refractivity contribution is -0.132. The molecule has 2 fully saturated rings. The van der Waals surface area contributed by atoms with Crippen molar-refractivity contribution < 1.29 is 14.4 Å². The van der Waals surface area contributed by atoms with Crippen LogP contribution in [-0.4, -0.2) is 53.3 Å². The Hall–Kier alpha value is -3.15. The number of imide groups is 1. The van der Waals surface area contributed by atoms with Crippen LogP contribution in [0.25, 0.3) is 0 Å². The van der Waals surface area contributed by atoms with E-state index in [-0.39, 0.29) is 30.4 Å². The summed E-state index contributed by atoms with van der Waals surface area (Å²) in [5, 5.41) is 0. The molecule has 2 aliphatic heterocycles. The van der Waals surface area contributed by atoms with Gasteiger partial charge in [-0.05, 0) is 49.8 Å². The van der Waals surface area contributed by atoms with E-state index in [4.69, 9.17) is 0 Å². The molecule has 0 aromatic heterocycles. The molecule has 0 spiro atoms. The SMILES string of the molecule is O=C(CCCCc1ccccc1)N1CCC(N2CC(=O)N(c3ccccc3)C2=O)CC1. The van der Waals surface area contributed by atoms with Crippen LogP contribution in [0.3, 0.4) is 0 Å². The highest BCUT2D eigenvalue weighted by Crippen LogP contribution is 2.26. The maximum Gasteiger partial charge on any atom is 0.332 e. The van der Waals surface area contributed by atoms with Crippen LogP contribution in [0, 0.1) is 0 Å². The zero-order chi connectivity index (χ0) is 21.6. The molecule has 0 radical (unpaired) electrons. The van der Waals surface area contributed by atoms with Gasteiger partial charge in [-0.3, -0.25) is 9.59 Å². The summed E-state index contributed by atoms with van der Waals surface area (Å²) >= 11 is 0. The van der Waals surface area contributed by atoms with Gasteiger partial charge in [-0.25, -0.2) is 9.69 Å². The molecule has 2 saturated heterocycles. The standard InChI is InChI=1S/C25H29N3O3/c29-23(14-8-7-11-20-9-3-1-4-10-20)26-17-15-21(16-18-26)27-19-24(30)28(25(27)31)22-12-5-2-6-13-22/h1-6,9-10,12-13,21H,7-8,11,14-19H2. The number of hydrogen-bond donors (Lipinski definition) is 0. The highest BCUT2D eigenvalue weighted by molar-refractivity contribution is 6.19. The predicted octanol–water partition coefficient (Wildman–Crippen LogP) is 3.86. The molecule has 2 aromatic rings. The first-order valence-corrected chi connectivity index (χ1v) is 11.1. The Morgan fingerprint density at radius 2 is 1.52 bits per heavy atom. The van der Waals surface area contributed by atoms with Crippen molar-refractivity contribution in [1.29, 1.82) is 0 Å². The van der Waals surface area contributed by atoms with E-state index in [9.17, 15) is 14.4 Å². The maximum atomic E-state index is 12.9. The highest BCUT2D eigenvalue weighted by Gasteiger charge is 2.41. The van der Waals surface area contributed by atoms with Crippen molar-refractivity contribution in [2.75, 3.05) is 24.5 Å². The van der Waals surface area contributed by atoms with Crippen LogP contribution >= 0.6 is 0 Å². The third-order valence-electron chi connectivity index (χ3n) is 6.21. The molecule has 6 nitrogen and oxygen atoms in total. The Labute approximate surface area is 183 Å². The van der Waals surface area contributed by atoms with Crippen LogP contribution in [-0.2, 0) is 16.0 Å². The van der Waals surface area contributed by atoms with Crippen LogP contribution in [0.5, 0.6) is 0 Å². The number of urea groups is 1. The van der Waals surface area contributed by atoms with Gasteiger partial charge >= 0.3 is 6.03 Å².